The molecule has 3 heteroatoms. The van der Waals surface area contributed by atoms with Crippen molar-refractivity contribution in [3.8, 4) is 5.75 Å². The van der Waals surface area contributed by atoms with E-state index >= 15 is 0 Å². The van der Waals surface area contributed by atoms with Crippen molar-refractivity contribution in [2.24, 2.45) is 0 Å². The van der Waals surface area contributed by atoms with Crippen LogP contribution in [0.3, 0.4) is 0 Å². The summed E-state index contributed by atoms with van der Waals surface area (Å²) in [6.07, 6.45) is 1.36. The summed E-state index contributed by atoms with van der Waals surface area (Å²) in [5.41, 5.74) is 2.21. The maximum Gasteiger partial charge on any atom is 0.120 e. The summed E-state index contributed by atoms with van der Waals surface area (Å²) in [6, 6.07) is 9.84. The number of aliphatic hydroxyl groups is 1. The monoisotopic (exact) mass is 276 g/mol. The number of rotatable bonds is 6. The molecule has 0 amide bonds. The van der Waals surface area contributed by atoms with Crippen LogP contribution in [0.2, 0.25) is 0 Å². The van der Waals surface area contributed by atoms with Gasteiger partial charge in [-0.1, -0.05) is 12.1 Å². The quantitative estimate of drug-likeness (QED) is 0.856. The van der Waals surface area contributed by atoms with E-state index in [1.807, 2.05) is 38.1 Å². The minimum atomic E-state index is -0.435. The van der Waals surface area contributed by atoms with Gasteiger partial charge in [-0.25, -0.2) is 0 Å². The molecule has 0 aliphatic rings. The zero-order valence-corrected chi connectivity index (χ0v) is 12.2. The molecular weight excluding hydrogens is 256 g/mol. The van der Waals surface area contributed by atoms with Gasteiger partial charge in [0.25, 0.3) is 0 Å². The minimum Gasteiger partial charge on any atom is -0.491 e. The number of aryl methyl sites for hydroxylation is 1. The molecule has 0 spiro atoms. The van der Waals surface area contributed by atoms with Crippen molar-refractivity contribution in [2.45, 2.75) is 38.9 Å². The molecule has 0 fully saturated rings. The summed E-state index contributed by atoms with van der Waals surface area (Å²) in [4.78, 5) is 0. The van der Waals surface area contributed by atoms with E-state index in [1.54, 1.807) is 11.3 Å². The third kappa shape index (κ3) is 4.37. The first kappa shape index (κ1) is 14.1. The minimum absolute atomic E-state index is 0.151. The average Bonchev–Trinajstić information content (AvgIpc) is 2.88. The van der Waals surface area contributed by atoms with Gasteiger partial charge in [-0.05, 0) is 66.8 Å². The smallest absolute Gasteiger partial charge is 0.120 e. The van der Waals surface area contributed by atoms with Crippen LogP contribution >= 0.6 is 11.3 Å². The van der Waals surface area contributed by atoms with E-state index in [9.17, 15) is 5.11 Å². The molecule has 2 aromatic rings. The number of benzene rings is 1. The first-order valence-electron chi connectivity index (χ1n) is 6.61. The lowest BCUT2D eigenvalue weighted by Crippen LogP contribution is -2.06. The fraction of sp³-hybridized carbons (Fsp3) is 0.375. The van der Waals surface area contributed by atoms with Crippen molar-refractivity contribution in [1.29, 1.82) is 0 Å². The third-order valence-corrected chi connectivity index (χ3v) is 3.63. The van der Waals surface area contributed by atoms with Crippen LogP contribution in [-0.4, -0.2) is 11.2 Å². The van der Waals surface area contributed by atoms with Gasteiger partial charge < -0.3 is 9.84 Å². The second kappa shape index (κ2) is 6.73. The summed E-state index contributed by atoms with van der Waals surface area (Å²) >= 11 is 1.69. The summed E-state index contributed by atoms with van der Waals surface area (Å²) in [7, 11) is 0. The summed E-state index contributed by atoms with van der Waals surface area (Å²) < 4.78 is 5.65. The number of ether oxygens (including phenoxy) is 1. The summed E-state index contributed by atoms with van der Waals surface area (Å²) in [6.45, 7) is 4.00. The highest BCUT2D eigenvalue weighted by molar-refractivity contribution is 7.07. The second-order valence-electron chi connectivity index (χ2n) is 4.93. The molecule has 0 saturated heterocycles. The van der Waals surface area contributed by atoms with E-state index < -0.39 is 6.10 Å². The lowest BCUT2D eigenvalue weighted by Gasteiger charge is -2.14. The van der Waals surface area contributed by atoms with Gasteiger partial charge >= 0.3 is 0 Å². The van der Waals surface area contributed by atoms with E-state index in [0.29, 0.717) is 0 Å². The Kier molecular flexibility index (Phi) is 5.00. The predicted octanol–water partition coefficient (Wildman–Crippen LogP) is 4.20. The van der Waals surface area contributed by atoms with Crippen LogP contribution in [0.15, 0.2) is 41.1 Å². The van der Waals surface area contributed by atoms with E-state index in [1.165, 1.54) is 5.56 Å². The molecule has 102 valence electrons. The van der Waals surface area contributed by atoms with Crippen LogP contribution < -0.4 is 4.74 Å². The van der Waals surface area contributed by atoms with E-state index in [2.05, 4.69) is 16.8 Å². The van der Waals surface area contributed by atoms with Crippen LogP contribution in [-0.2, 0) is 6.42 Å². The normalized spacial score (nSPS) is 12.6. The zero-order chi connectivity index (χ0) is 13.7. The number of aliphatic hydroxyl groups excluding tert-OH is 1. The van der Waals surface area contributed by atoms with Gasteiger partial charge in [0, 0.05) is 0 Å². The Morgan fingerprint density at radius 2 is 2.11 bits per heavy atom. The van der Waals surface area contributed by atoms with Gasteiger partial charge in [0.15, 0.2) is 0 Å². The molecule has 2 nitrogen and oxygen atoms in total. The molecule has 2 rings (SSSR count). The SMILES string of the molecule is CC(C)Oc1cccc(C(O)CCc2ccsc2)c1. The van der Waals surface area contributed by atoms with Crippen molar-refractivity contribution in [3.05, 3.63) is 52.2 Å². The van der Waals surface area contributed by atoms with Gasteiger partial charge in [-0.2, -0.15) is 11.3 Å². The van der Waals surface area contributed by atoms with Crippen molar-refractivity contribution in [1.82, 2.24) is 0 Å². The highest BCUT2D eigenvalue weighted by atomic mass is 32.1. The first-order valence-corrected chi connectivity index (χ1v) is 7.55. The zero-order valence-electron chi connectivity index (χ0n) is 11.4. The maximum absolute atomic E-state index is 10.2. The van der Waals surface area contributed by atoms with E-state index in [0.717, 1.165) is 24.2 Å². The van der Waals surface area contributed by atoms with E-state index in [-0.39, 0.29) is 6.10 Å². The van der Waals surface area contributed by atoms with Gasteiger partial charge in [-0.3, -0.25) is 0 Å². The van der Waals surface area contributed by atoms with Gasteiger partial charge in [0.2, 0.25) is 0 Å². The number of hydrogen-bond acceptors (Lipinski definition) is 3. The topological polar surface area (TPSA) is 29.5 Å². The fourth-order valence-corrected chi connectivity index (χ4v) is 2.68. The molecule has 1 unspecified atom stereocenters. The Bertz CT molecular complexity index is 491. The van der Waals surface area contributed by atoms with Crippen LogP contribution in [0.5, 0.6) is 5.75 Å². The molecular formula is C16H20O2S. The molecule has 1 aromatic heterocycles. The Hall–Kier alpha value is -1.32. The highest BCUT2D eigenvalue weighted by Gasteiger charge is 2.09. The Morgan fingerprint density at radius 1 is 1.26 bits per heavy atom. The molecule has 19 heavy (non-hydrogen) atoms. The molecule has 1 aromatic carbocycles. The van der Waals surface area contributed by atoms with Gasteiger partial charge in [0.05, 0.1) is 12.2 Å². The van der Waals surface area contributed by atoms with Crippen LogP contribution in [0.4, 0.5) is 0 Å². The molecule has 1 atom stereocenters. The van der Waals surface area contributed by atoms with Crippen molar-refractivity contribution < 1.29 is 9.84 Å². The Labute approximate surface area is 118 Å². The fourth-order valence-electron chi connectivity index (χ4n) is 1.97. The maximum atomic E-state index is 10.2. The molecule has 0 radical (unpaired) electrons. The number of thiophene rings is 1. The molecule has 0 saturated carbocycles. The average molecular weight is 276 g/mol. The van der Waals surface area contributed by atoms with Crippen molar-refractivity contribution in [2.75, 3.05) is 0 Å². The van der Waals surface area contributed by atoms with Crippen LogP contribution in [0, 0.1) is 0 Å². The van der Waals surface area contributed by atoms with E-state index in [4.69, 9.17) is 4.74 Å². The largest absolute Gasteiger partial charge is 0.491 e. The van der Waals surface area contributed by atoms with Gasteiger partial charge in [0.1, 0.15) is 5.75 Å². The lowest BCUT2D eigenvalue weighted by atomic mass is 10.0. The molecule has 1 N–H and O–H groups in total. The second-order valence-corrected chi connectivity index (χ2v) is 5.71. The molecule has 0 aliphatic carbocycles. The molecule has 0 aliphatic heterocycles. The summed E-state index contributed by atoms with van der Waals surface area (Å²) in [5.74, 6) is 0.821. The lowest BCUT2D eigenvalue weighted by molar-refractivity contribution is 0.166. The van der Waals surface area contributed by atoms with Crippen LogP contribution in [0.1, 0.15) is 37.5 Å². The standard InChI is InChI=1S/C16H20O2S/c1-12(2)18-15-5-3-4-14(10-15)16(17)7-6-13-8-9-19-11-13/h3-5,8-12,16-17H,6-7H2,1-2H3. The summed E-state index contributed by atoms with van der Waals surface area (Å²) in [5, 5.41) is 14.4. The van der Waals surface area contributed by atoms with Gasteiger partial charge in [-0.15, -0.1) is 0 Å². The van der Waals surface area contributed by atoms with Crippen molar-refractivity contribution >= 4 is 11.3 Å². The predicted molar refractivity (Wildman–Crippen MR) is 79.8 cm³/mol. The van der Waals surface area contributed by atoms with Crippen molar-refractivity contribution in [3.63, 3.8) is 0 Å². The molecule has 0 bridgehead atoms. The molecule has 1 heterocycles. The Morgan fingerprint density at radius 3 is 2.79 bits per heavy atom. The Balaban J connectivity index is 1.96. The van der Waals surface area contributed by atoms with Crippen LogP contribution in [0.25, 0.3) is 0 Å². The first-order chi connectivity index (χ1) is 9.15. The third-order valence-electron chi connectivity index (χ3n) is 2.90. The highest BCUT2D eigenvalue weighted by Crippen LogP contribution is 2.24. The number of hydrogen-bond donors (Lipinski definition) is 1.